The minimum absolute atomic E-state index is 0.0955. The predicted molar refractivity (Wildman–Crippen MR) is 173 cm³/mol. The number of fused-ring (bicyclic) bond motifs is 3. The number of hydrogen-bond acceptors (Lipinski definition) is 12. The fraction of sp³-hybridized carbons (Fsp3) is 0.467. The lowest BCUT2D eigenvalue weighted by Crippen LogP contribution is -2.38. The van der Waals surface area contributed by atoms with Crippen LogP contribution >= 0.6 is 19.3 Å². The Morgan fingerprint density at radius 1 is 1.26 bits per heavy atom. The molecule has 1 saturated carbocycles. The number of nitrogens with zero attached hydrogens (tertiary/aromatic N) is 4. The number of nitrogens with two attached hydrogens (primary N) is 1. The molecule has 5 N–H and O–H groups in total. The minimum atomic E-state index is -4.61. The second-order valence-corrected chi connectivity index (χ2v) is 14.7. The van der Waals surface area contributed by atoms with Crippen LogP contribution in [-0.4, -0.2) is 79.6 Å². The average Bonchev–Trinajstić information content (AvgIpc) is 3.25. The molecule has 6 rings (SSSR count). The van der Waals surface area contributed by atoms with E-state index in [1.807, 2.05) is 39.0 Å². The van der Waals surface area contributed by atoms with Crippen LogP contribution in [0.5, 0.6) is 5.75 Å². The highest BCUT2D eigenvalue weighted by molar-refractivity contribution is 7.52. The standard InChI is InChI=1S/C30H36ClFN7O7P/c1-16(25(40)43-14-28(2,3)4)38-47(42,45-19-12-8-10-17-9-6-7-11-18(17)19)46-26-29(13-31)30(26,41)21(32)24(44-29)39-15-35-20-22(34-5)36-27(33)37-23(20)39/h6-12,15-16,21,24,26,41H,13-14H2,1-5H3,(H,38,42)(H3,33,34,36,37)/t16-,21+,24-,26?,29?,30-,47-/m1/s1. The SMILES string of the molecule is CNc1nc(N)nc2c1ncn2[C@@H]1OC2(CCl)C(O[P@@](=O)(N[C@H](C)C(=O)OCC(C)(C)C)Oc3cccc4ccccc34)[C@]2(O)[C@H]1F. The fourth-order valence-corrected chi connectivity index (χ4v) is 7.88. The lowest BCUT2D eigenvalue weighted by Gasteiger charge is -2.27. The summed E-state index contributed by atoms with van der Waals surface area (Å²) in [4.78, 5) is 25.4. The maximum atomic E-state index is 16.4. The number of halogens is 2. The molecule has 1 aliphatic heterocycles. The number of alkyl halides is 2. The van der Waals surface area contributed by atoms with Crippen molar-refractivity contribution >= 4 is 59.0 Å². The lowest BCUT2D eigenvalue weighted by atomic mass is 9.99. The van der Waals surface area contributed by atoms with Crippen molar-refractivity contribution in [2.75, 3.05) is 30.6 Å². The summed E-state index contributed by atoms with van der Waals surface area (Å²) in [5, 5.41) is 18.6. The van der Waals surface area contributed by atoms with Gasteiger partial charge in [0.1, 0.15) is 23.5 Å². The van der Waals surface area contributed by atoms with Gasteiger partial charge in [0.05, 0.1) is 18.8 Å². The Hall–Kier alpha value is -3.59. The third-order valence-electron chi connectivity index (χ3n) is 8.13. The summed E-state index contributed by atoms with van der Waals surface area (Å²) < 4.78 is 55.7. The number of aromatic nitrogens is 4. The third-order valence-corrected chi connectivity index (χ3v) is 10.2. The molecule has 14 nitrogen and oxygen atoms in total. The van der Waals surface area contributed by atoms with Crippen molar-refractivity contribution in [1.82, 2.24) is 24.6 Å². The summed E-state index contributed by atoms with van der Waals surface area (Å²) in [5.74, 6) is -0.800. The van der Waals surface area contributed by atoms with Crippen molar-refractivity contribution in [2.24, 2.45) is 5.41 Å². The van der Waals surface area contributed by atoms with Gasteiger partial charge < -0.3 is 30.2 Å². The maximum absolute atomic E-state index is 16.4. The second kappa shape index (κ2) is 11.8. The van der Waals surface area contributed by atoms with Gasteiger partial charge >= 0.3 is 13.7 Å². The quantitative estimate of drug-likeness (QED) is 0.0991. The Kier molecular flexibility index (Phi) is 8.38. The largest absolute Gasteiger partial charge is 0.464 e. The molecular formula is C30H36ClFN7O7P. The number of carbonyl (C=O) groups is 1. The van der Waals surface area contributed by atoms with Crippen LogP contribution in [0.25, 0.3) is 21.9 Å². The normalized spacial score (nSPS) is 27.3. The Morgan fingerprint density at radius 2 is 1.98 bits per heavy atom. The predicted octanol–water partition coefficient (Wildman–Crippen LogP) is 4.33. The minimum Gasteiger partial charge on any atom is -0.464 e. The summed E-state index contributed by atoms with van der Waals surface area (Å²) in [6.07, 6.45) is -3.92. The fourth-order valence-electron chi connectivity index (χ4n) is 5.70. The Bertz CT molecular complexity index is 1880. The molecule has 2 fully saturated rings. The number of aliphatic hydroxyl groups is 1. The van der Waals surface area contributed by atoms with Gasteiger partial charge in [0.25, 0.3) is 0 Å². The molecule has 3 heterocycles. The summed E-state index contributed by atoms with van der Waals surface area (Å²) >= 11 is 6.33. The molecule has 1 saturated heterocycles. The van der Waals surface area contributed by atoms with E-state index in [4.69, 9.17) is 35.9 Å². The molecular weight excluding hydrogens is 656 g/mol. The first-order valence-corrected chi connectivity index (χ1v) is 16.9. The van der Waals surface area contributed by atoms with Crippen LogP contribution in [0.4, 0.5) is 16.2 Å². The number of benzene rings is 2. The van der Waals surface area contributed by atoms with E-state index < -0.39 is 55.3 Å². The van der Waals surface area contributed by atoms with E-state index in [1.54, 1.807) is 31.3 Å². The number of esters is 1. The highest BCUT2D eigenvalue weighted by atomic mass is 35.5. The molecule has 4 aromatic rings. The van der Waals surface area contributed by atoms with E-state index in [9.17, 15) is 14.5 Å². The van der Waals surface area contributed by atoms with E-state index >= 15 is 4.39 Å². The van der Waals surface area contributed by atoms with Crippen LogP contribution in [0.15, 0.2) is 48.8 Å². The van der Waals surface area contributed by atoms with Crippen molar-refractivity contribution in [3.8, 4) is 5.75 Å². The van der Waals surface area contributed by atoms with Crippen LogP contribution in [0.3, 0.4) is 0 Å². The topological polar surface area (TPSA) is 185 Å². The zero-order valence-corrected chi connectivity index (χ0v) is 28.0. The zero-order valence-electron chi connectivity index (χ0n) is 26.3. The van der Waals surface area contributed by atoms with Gasteiger partial charge in [0.2, 0.25) is 5.95 Å². The van der Waals surface area contributed by atoms with Crippen LogP contribution in [0, 0.1) is 5.41 Å². The summed E-state index contributed by atoms with van der Waals surface area (Å²) in [5.41, 5.74) is 1.72. The van der Waals surface area contributed by atoms with Gasteiger partial charge in [-0.2, -0.15) is 15.1 Å². The van der Waals surface area contributed by atoms with Crippen molar-refractivity contribution in [1.29, 1.82) is 0 Å². The number of nitrogen functional groups attached to an aromatic ring is 1. The Balaban J connectivity index is 1.31. The zero-order chi connectivity index (χ0) is 33.9. The monoisotopic (exact) mass is 691 g/mol. The van der Waals surface area contributed by atoms with Crippen molar-refractivity contribution in [2.45, 2.75) is 63.4 Å². The van der Waals surface area contributed by atoms with E-state index in [0.717, 1.165) is 5.39 Å². The highest BCUT2D eigenvalue weighted by Gasteiger charge is 2.90. The van der Waals surface area contributed by atoms with E-state index in [-0.39, 0.29) is 29.4 Å². The van der Waals surface area contributed by atoms with Crippen molar-refractivity contribution in [3.05, 3.63) is 48.8 Å². The second-order valence-electron chi connectivity index (χ2n) is 12.8. The van der Waals surface area contributed by atoms with Crippen LogP contribution in [0.2, 0.25) is 0 Å². The van der Waals surface area contributed by atoms with Crippen LogP contribution in [0.1, 0.15) is 33.9 Å². The van der Waals surface area contributed by atoms with Gasteiger partial charge in [-0.25, -0.2) is 13.9 Å². The van der Waals surface area contributed by atoms with Crippen LogP contribution in [-0.2, 0) is 23.4 Å². The van der Waals surface area contributed by atoms with Gasteiger partial charge in [-0.1, -0.05) is 57.2 Å². The van der Waals surface area contributed by atoms with Gasteiger partial charge in [0.15, 0.2) is 35.0 Å². The molecule has 2 unspecified atom stereocenters. The number of nitrogens with one attached hydrogen (secondary N) is 2. The molecule has 2 aliphatic rings. The molecule has 2 aromatic carbocycles. The molecule has 7 atom stereocenters. The Labute approximate surface area is 274 Å². The van der Waals surface area contributed by atoms with Crippen molar-refractivity contribution in [3.63, 3.8) is 0 Å². The Morgan fingerprint density at radius 3 is 2.66 bits per heavy atom. The van der Waals surface area contributed by atoms with Gasteiger partial charge in [0, 0.05) is 12.4 Å². The molecule has 17 heteroatoms. The molecule has 252 valence electrons. The number of anilines is 2. The summed E-state index contributed by atoms with van der Waals surface area (Å²) in [7, 11) is -2.99. The molecule has 0 amide bonds. The third kappa shape index (κ3) is 5.68. The molecule has 2 aromatic heterocycles. The maximum Gasteiger partial charge on any atom is 0.459 e. The molecule has 0 radical (unpaired) electrons. The number of imidazole rings is 1. The van der Waals surface area contributed by atoms with Gasteiger partial charge in [-0.3, -0.25) is 13.9 Å². The number of ether oxygens (including phenoxy) is 2. The van der Waals surface area contributed by atoms with Crippen LogP contribution < -0.4 is 20.7 Å². The number of hydrogen-bond donors (Lipinski definition) is 4. The molecule has 0 bridgehead atoms. The summed E-state index contributed by atoms with van der Waals surface area (Å²) in [6, 6.07) is 11.1. The van der Waals surface area contributed by atoms with E-state index in [2.05, 4.69) is 25.4 Å². The molecule has 1 aliphatic carbocycles. The van der Waals surface area contributed by atoms with E-state index in [1.165, 1.54) is 17.8 Å². The first-order valence-electron chi connectivity index (χ1n) is 14.8. The number of carbonyl (C=O) groups excluding carboxylic acids is 1. The van der Waals surface area contributed by atoms with Gasteiger partial charge in [-0.05, 0) is 23.8 Å². The lowest BCUT2D eigenvalue weighted by molar-refractivity contribution is -0.148. The van der Waals surface area contributed by atoms with E-state index in [0.29, 0.717) is 16.7 Å². The molecule has 47 heavy (non-hydrogen) atoms. The van der Waals surface area contributed by atoms with Gasteiger partial charge in [-0.15, -0.1) is 11.6 Å². The average molecular weight is 692 g/mol. The highest BCUT2D eigenvalue weighted by Crippen LogP contribution is 2.69. The molecule has 0 spiro atoms. The first-order chi connectivity index (χ1) is 22.2. The van der Waals surface area contributed by atoms with Crippen molar-refractivity contribution < 1.29 is 37.4 Å². The number of rotatable bonds is 11. The smallest absolute Gasteiger partial charge is 0.459 e. The first kappa shape index (κ1) is 33.3. The summed E-state index contributed by atoms with van der Waals surface area (Å²) in [6.45, 7) is 7.20.